The number of rotatable bonds is 4. The van der Waals surface area contributed by atoms with Crippen LogP contribution in [0.25, 0.3) is 0 Å². The third-order valence-corrected chi connectivity index (χ3v) is 5.89. The number of nitrogens with zero attached hydrogens (tertiary/aromatic N) is 3. The molecular formula is C20H28FN3O2. The first-order chi connectivity index (χ1) is 12.7. The molecule has 1 aromatic carbocycles. The van der Waals surface area contributed by atoms with Gasteiger partial charge in [0, 0.05) is 45.3 Å². The first-order valence-corrected chi connectivity index (χ1v) is 9.74. The van der Waals surface area contributed by atoms with Gasteiger partial charge < -0.3 is 9.64 Å². The smallest absolute Gasteiger partial charge is 0.237 e. The molecule has 4 heterocycles. The molecule has 6 heteroatoms. The maximum atomic E-state index is 13.1. The Bertz CT molecular complexity index is 618. The van der Waals surface area contributed by atoms with Gasteiger partial charge in [0.1, 0.15) is 5.82 Å². The molecule has 142 valence electrons. The highest BCUT2D eigenvalue weighted by molar-refractivity contribution is 5.78. The minimum absolute atomic E-state index is 0.190. The first-order valence-electron chi connectivity index (χ1n) is 9.74. The molecule has 26 heavy (non-hydrogen) atoms. The lowest BCUT2D eigenvalue weighted by molar-refractivity contribution is -0.137. The SMILES string of the molecule is O=C(CN1CCOCC1)N1C[C@@H]2CC[C@H]1CN(Cc1ccc(F)cc1)C2. The second-order valence-corrected chi connectivity index (χ2v) is 7.85. The normalized spacial score (nSPS) is 27.5. The third-order valence-electron chi connectivity index (χ3n) is 5.89. The molecule has 1 amide bonds. The Kier molecular flexibility index (Phi) is 5.52. The van der Waals surface area contributed by atoms with Crippen LogP contribution in [-0.2, 0) is 16.1 Å². The zero-order valence-electron chi connectivity index (χ0n) is 15.3. The molecule has 0 spiro atoms. The number of hydrogen-bond acceptors (Lipinski definition) is 4. The minimum atomic E-state index is -0.190. The summed E-state index contributed by atoms with van der Waals surface area (Å²) >= 11 is 0. The zero-order valence-corrected chi connectivity index (χ0v) is 15.3. The summed E-state index contributed by atoms with van der Waals surface area (Å²) in [5, 5.41) is 0. The lowest BCUT2D eigenvalue weighted by Crippen LogP contribution is -2.52. The molecule has 4 aliphatic rings. The molecule has 0 unspecified atom stereocenters. The maximum Gasteiger partial charge on any atom is 0.237 e. The number of carbonyl (C=O) groups excluding carboxylic acids is 1. The molecule has 0 saturated carbocycles. The van der Waals surface area contributed by atoms with Crippen molar-refractivity contribution in [2.75, 3.05) is 52.5 Å². The average molecular weight is 361 g/mol. The number of hydrogen-bond donors (Lipinski definition) is 0. The standard InChI is InChI=1S/C20H28FN3O2/c21-18-4-1-16(2-5-18)11-23-12-17-3-6-19(14-23)24(13-17)20(25)15-22-7-9-26-10-8-22/h1-2,4-5,17,19H,3,6-15H2/t17-,19+/m1/s1. The topological polar surface area (TPSA) is 36.0 Å². The van der Waals surface area contributed by atoms with E-state index in [0.29, 0.717) is 18.5 Å². The number of halogens is 1. The van der Waals surface area contributed by atoms with E-state index < -0.39 is 0 Å². The summed E-state index contributed by atoms with van der Waals surface area (Å²) in [6, 6.07) is 7.09. The van der Waals surface area contributed by atoms with Gasteiger partial charge in [-0.15, -0.1) is 0 Å². The van der Waals surface area contributed by atoms with Crippen molar-refractivity contribution >= 4 is 5.91 Å². The van der Waals surface area contributed by atoms with Gasteiger partial charge in [-0.25, -0.2) is 4.39 Å². The van der Waals surface area contributed by atoms with Crippen molar-refractivity contribution in [3.05, 3.63) is 35.6 Å². The molecular weight excluding hydrogens is 333 g/mol. The summed E-state index contributed by atoms with van der Waals surface area (Å²) in [6.07, 6.45) is 2.30. The fourth-order valence-corrected chi connectivity index (χ4v) is 4.50. The van der Waals surface area contributed by atoms with Gasteiger partial charge >= 0.3 is 0 Å². The zero-order chi connectivity index (χ0) is 17.9. The predicted octanol–water partition coefficient (Wildman–Crippen LogP) is 1.58. The third kappa shape index (κ3) is 4.24. The van der Waals surface area contributed by atoms with Gasteiger partial charge in [0.25, 0.3) is 0 Å². The number of morpholine rings is 1. The van der Waals surface area contributed by atoms with Crippen LogP contribution in [0.5, 0.6) is 0 Å². The highest BCUT2D eigenvalue weighted by atomic mass is 19.1. The Morgan fingerprint density at radius 3 is 2.58 bits per heavy atom. The molecule has 5 rings (SSSR count). The maximum absolute atomic E-state index is 13.1. The molecule has 0 N–H and O–H groups in total. The second-order valence-electron chi connectivity index (χ2n) is 7.85. The van der Waals surface area contributed by atoms with E-state index in [9.17, 15) is 9.18 Å². The summed E-state index contributed by atoms with van der Waals surface area (Å²) < 4.78 is 18.5. The molecule has 2 atom stereocenters. The van der Waals surface area contributed by atoms with Crippen LogP contribution in [0.4, 0.5) is 4.39 Å². The lowest BCUT2D eigenvalue weighted by atomic mass is 9.95. The highest BCUT2D eigenvalue weighted by Crippen LogP contribution is 2.29. The van der Waals surface area contributed by atoms with Gasteiger partial charge in [0.2, 0.25) is 5.91 Å². The van der Waals surface area contributed by atoms with E-state index in [0.717, 1.165) is 64.5 Å². The summed E-state index contributed by atoms with van der Waals surface area (Å²) in [5.74, 6) is 0.623. The van der Waals surface area contributed by atoms with Crippen molar-refractivity contribution in [2.24, 2.45) is 5.92 Å². The van der Waals surface area contributed by atoms with E-state index in [2.05, 4.69) is 14.7 Å². The van der Waals surface area contributed by atoms with E-state index in [1.54, 1.807) is 0 Å². The molecule has 4 fully saturated rings. The van der Waals surface area contributed by atoms with Crippen molar-refractivity contribution in [3.63, 3.8) is 0 Å². The van der Waals surface area contributed by atoms with Crippen LogP contribution in [0.1, 0.15) is 18.4 Å². The fourth-order valence-electron chi connectivity index (χ4n) is 4.50. The number of carbonyl (C=O) groups is 1. The van der Waals surface area contributed by atoms with Crippen molar-refractivity contribution < 1.29 is 13.9 Å². The summed E-state index contributed by atoms with van der Waals surface area (Å²) in [4.78, 5) is 19.7. The van der Waals surface area contributed by atoms with Gasteiger partial charge in [-0.05, 0) is 36.5 Å². The minimum Gasteiger partial charge on any atom is -0.379 e. The quantitative estimate of drug-likeness (QED) is 0.816. The van der Waals surface area contributed by atoms with E-state index in [1.807, 2.05) is 12.1 Å². The number of piperidine rings is 1. The van der Waals surface area contributed by atoms with Gasteiger partial charge in [-0.3, -0.25) is 14.6 Å². The van der Waals surface area contributed by atoms with Gasteiger partial charge in [0.05, 0.1) is 19.8 Å². The van der Waals surface area contributed by atoms with Gasteiger partial charge in [-0.2, -0.15) is 0 Å². The molecule has 2 bridgehead atoms. The highest BCUT2D eigenvalue weighted by Gasteiger charge is 2.37. The van der Waals surface area contributed by atoms with Crippen LogP contribution in [0.15, 0.2) is 24.3 Å². The molecule has 0 aromatic heterocycles. The average Bonchev–Trinajstić information content (AvgIpc) is 2.95. The monoisotopic (exact) mass is 361 g/mol. The predicted molar refractivity (Wildman–Crippen MR) is 97.2 cm³/mol. The Balaban J connectivity index is 1.37. The van der Waals surface area contributed by atoms with Gasteiger partial charge in [-0.1, -0.05) is 12.1 Å². The Morgan fingerprint density at radius 2 is 1.81 bits per heavy atom. The first kappa shape index (κ1) is 17.9. The number of amides is 1. The Hall–Kier alpha value is -1.50. The molecule has 0 aliphatic carbocycles. The molecule has 1 aromatic rings. The van der Waals surface area contributed by atoms with E-state index in [4.69, 9.17) is 4.74 Å². The van der Waals surface area contributed by atoms with Crippen LogP contribution in [0, 0.1) is 11.7 Å². The number of ether oxygens (including phenoxy) is 1. The molecule has 0 radical (unpaired) electrons. The van der Waals surface area contributed by atoms with Crippen molar-refractivity contribution in [1.29, 1.82) is 0 Å². The summed E-state index contributed by atoms with van der Waals surface area (Å²) in [5.41, 5.74) is 1.14. The van der Waals surface area contributed by atoms with Crippen LogP contribution in [-0.4, -0.2) is 79.1 Å². The van der Waals surface area contributed by atoms with Crippen LogP contribution in [0.3, 0.4) is 0 Å². The van der Waals surface area contributed by atoms with Crippen LogP contribution >= 0.6 is 0 Å². The summed E-state index contributed by atoms with van der Waals surface area (Å²) in [7, 11) is 0. The van der Waals surface area contributed by atoms with E-state index >= 15 is 0 Å². The molecule has 5 nitrogen and oxygen atoms in total. The van der Waals surface area contributed by atoms with E-state index in [1.165, 1.54) is 18.6 Å². The Morgan fingerprint density at radius 1 is 1.04 bits per heavy atom. The van der Waals surface area contributed by atoms with Crippen molar-refractivity contribution in [1.82, 2.24) is 14.7 Å². The van der Waals surface area contributed by atoms with Crippen molar-refractivity contribution in [2.45, 2.75) is 25.4 Å². The number of fused-ring (bicyclic) bond motifs is 4. The van der Waals surface area contributed by atoms with Crippen LogP contribution < -0.4 is 0 Å². The lowest BCUT2D eigenvalue weighted by Gasteiger charge is -2.38. The second kappa shape index (κ2) is 8.03. The van der Waals surface area contributed by atoms with Crippen molar-refractivity contribution in [3.8, 4) is 0 Å². The fraction of sp³-hybridized carbons (Fsp3) is 0.650. The summed E-state index contributed by atoms with van der Waals surface area (Å²) in [6.45, 7) is 7.33. The van der Waals surface area contributed by atoms with Gasteiger partial charge in [0.15, 0.2) is 0 Å². The molecule has 4 aliphatic heterocycles. The molecule has 4 saturated heterocycles. The largest absolute Gasteiger partial charge is 0.379 e. The van der Waals surface area contributed by atoms with Crippen LogP contribution in [0.2, 0.25) is 0 Å². The van der Waals surface area contributed by atoms with E-state index in [-0.39, 0.29) is 11.7 Å². The number of benzene rings is 1. The Labute approximate surface area is 154 Å².